The van der Waals surface area contributed by atoms with E-state index in [0.29, 0.717) is 16.8 Å². The Morgan fingerprint density at radius 1 is 0.800 bits per heavy atom. The van der Waals surface area contributed by atoms with Crippen LogP contribution in [0.2, 0.25) is 0 Å². The summed E-state index contributed by atoms with van der Waals surface area (Å²) in [5.41, 5.74) is 1.95. The Morgan fingerprint density at radius 3 is 2.23 bits per heavy atom. The van der Waals surface area contributed by atoms with E-state index in [-0.39, 0.29) is 29.0 Å². The Bertz CT molecular complexity index is 1470. The van der Waals surface area contributed by atoms with Gasteiger partial charge in [0.25, 0.3) is 11.7 Å². The predicted molar refractivity (Wildman–Crippen MR) is 121 cm³/mol. The van der Waals surface area contributed by atoms with Crippen molar-refractivity contribution in [1.29, 1.82) is 0 Å². The van der Waals surface area contributed by atoms with E-state index in [1.807, 2.05) is 0 Å². The van der Waals surface area contributed by atoms with E-state index in [4.69, 9.17) is 0 Å². The summed E-state index contributed by atoms with van der Waals surface area (Å²) in [4.78, 5) is 30.2. The SMILES string of the molecule is O=C1C(=O)N(Cc2ccc(Nc3ccc(F)cc3F)cc2)c2c1cc(F)cc2-c1ccc(F)nc1. The van der Waals surface area contributed by atoms with Crippen LogP contribution in [0.4, 0.5) is 34.6 Å². The average Bonchev–Trinajstić information content (AvgIpc) is 3.07. The lowest BCUT2D eigenvalue weighted by Gasteiger charge is -2.20. The quantitative estimate of drug-likeness (QED) is 0.225. The van der Waals surface area contributed by atoms with Gasteiger partial charge < -0.3 is 5.32 Å². The molecule has 1 aliphatic rings. The second-order valence-electron chi connectivity index (χ2n) is 7.89. The Balaban J connectivity index is 1.45. The number of hydrogen-bond donors (Lipinski definition) is 1. The number of amides is 1. The van der Waals surface area contributed by atoms with Crippen molar-refractivity contribution in [2.45, 2.75) is 6.54 Å². The van der Waals surface area contributed by atoms with Gasteiger partial charge in [-0.2, -0.15) is 4.39 Å². The lowest BCUT2D eigenvalue weighted by atomic mass is 10.0. The van der Waals surface area contributed by atoms with Gasteiger partial charge in [0.15, 0.2) is 0 Å². The van der Waals surface area contributed by atoms with Crippen LogP contribution in [0.15, 0.2) is 72.9 Å². The molecule has 5 nitrogen and oxygen atoms in total. The molecule has 1 aliphatic heterocycles. The largest absolute Gasteiger partial charge is 0.353 e. The number of aromatic nitrogens is 1. The predicted octanol–water partition coefficient (Wildman–Crippen LogP) is 5.78. The maximum Gasteiger partial charge on any atom is 0.299 e. The molecule has 0 spiro atoms. The van der Waals surface area contributed by atoms with Gasteiger partial charge >= 0.3 is 0 Å². The first kappa shape index (κ1) is 22.3. The molecule has 0 bridgehead atoms. The van der Waals surface area contributed by atoms with Crippen molar-refractivity contribution in [2.24, 2.45) is 0 Å². The summed E-state index contributed by atoms with van der Waals surface area (Å²) in [6.07, 6.45) is 1.20. The number of benzene rings is 3. The monoisotopic (exact) mass is 477 g/mol. The first-order valence-corrected chi connectivity index (χ1v) is 10.4. The van der Waals surface area contributed by atoms with Gasteiger partial charge in [-0.05, 0) is 54.1 Å². The highest BCUT2D eigenvalue weighted by Gasteiger charge is 2.38. The number of nitrogens with one attached hydrogen (secondary N) is 1. The van der Waals surface area contributed by atoms with Crippen molar-refractivity contribution in [2.75, 3.05) is 10.2 Å². The molecule has 0 atom stereocenters. The molecule has 1 aromatic heterocycles. The van der Waals surface area contributed by atoms with Gasteiger partial charge in [-0.3, -0.25) is 14.5 Å². The first-order chi connectivity index (χ1) is 16.8. The van der Waals surface area contributed by atoms with Crippen LogP contribution < -0.4 is 10.2 Å². The fourth-order valence-electron chi connectivity index (χ4n) is 3.93. The minimum absolute atomic E-state index is 0.00395. The minimum atomic E-state index is -0.846. The molecule has 1 amide bonds. The van der Waals surface area contributed by atoms with E-state index in [2.05, 4.69) is 10.3 Å². The van der Waals surface area contributed by atoms with Gasteiger partial charge in [-0.25, -0.2) is 18.2 Å². The summed E-state index contributed by atoms with van der Waals surface area (Å²) in [6.45, 7) is -0.00395. The summed E-state index contributed by atoms with van der Waals surface area (Å²) >= 11 is 0. The van der Waals surface area contributed by atoms with E-state index in [1.54, 1.807) is 24.3 Å². The van der Waals surface area contributed by atoms with Crippen molar-refractivity contribution in [1.82, 2.24) is 4.98 Å². The Kier molecular flexibility index (Phi) is 5.52. The maximum absolute atomic E-state index is 14.3. The number of carbonyl (C=O) groups excluding carboxylic acids is 2. The van der Waals surface area contributed by atoms with Gasteiger partial charge in [-0.1, -0.05) is 12.1 Å². The molecule has 0 saturated carbocycles. The molecule has 9 heteroatoms. The van der Waals surface area contributed by atoms with Crippen molar-refractivity contribution in [3.63, 3.8) is 0 Å². The third kappa shape index (κ3) is 4.23. The number of nitrogens with zero attached hydrogens (tertiary/aromatic N) is 2. The van der Waals surface area contributed by atoms with E-state index in [1.165, 1.54) is 23.2 Å². The molecule has 0 saturated heterocycles. The zero-order valence-electron chi connectivity index (χ0n) is 17.9. The summed E-state index contributed by atoms with van der Waals surface area (Å²) in [5.74, 6) is -4.54. The lowest BCUT2D eigenvalue weighted by molar-refractivity contribution is -0.114. The summed E-state index contributed by atoms with van der Waals surface area (Å²) in [7, 11) is 0. The number of ketones is 1. The number of halogens is 4. The van der Waals surface area contributed by atoms with Gasteiger partial charge in [-0.15, -0.1) is 0 Å². The van der Waals surface area contributed by atoms with Crippen molar-refractivity contribution < 1.29 is 27.2 Å². The average molecular weight is 477 g/mol. The van der Waals surface area contributed by atoms with Gasteiger partial charge in [0, 0.05) is 29.1 Å². The number of rotatable bonds is 5. The van der Waals surface area contributed by atoms with Crippen LogP contribution in [-0.4, -0.2) is 16.7 Å². The number of hydrogen-bond acceptors (Lipinski definition) is 4. The van der Waals surface area contributed by atoms with E-state index in [0.717, 1.165) is 30.3 Å². The Morgan fingerprint density at radius 2 is 1.54 bits per heavy atom. The molecule has 1 N–H and O–H groups in total. The molecule has 4 aromatic rings. The molecule has 0 unspecified atom stereocenters. The molecule has 3 aromatic carbocycles. The van der Waals surface area contributed by atoms with Crippen LogP contribution in [-0.2, 0) is 11.3 Å². The number of Topliss-reactive ketones (excluding diaryl/α,β-unsaturated/α-hetero) is 1. The van der Waals surface area contributed by atoms with Crippen LogP contribution in [0.3, 0.4) is 0 Å². The molecule has 174 valence electrons. The molecule has 0 fully saturated rings. The zero-order valence-corrected chi connectivity index (χ0v) is 17.9. The van der Waals surface area contributed by atoms with Crippen LogP contribution in [0, 0.1) is 23.4 Å². The molecular formula is C26H15F4N3O2. The zero-order chi connectivity index (χ0) is 24.7. The van der Waals surface area contributed by atoms with Crippen molar-refractivity contribution >= 4 is 28.8 Å². The van der Waals surface area contributed by atoms with Crippen LogP contribution in [0.5, 0.6) is 0 Å². The van der Waals surface area contributed by atoms with Crippen LogP contribution in [0.25, 0.3) is 11.1 Å². The maximum atomic E-state index is 14.3. The minimum Gasteiger partial charge on any atom is -0.353 e. The summed E-state index contributed by atoms with van der Waals surface area (Å²) in [6, 6.07) is 14.4. The number of carbonyl (C=O) groups is 2. The van der Waals surface area contributed by atoms with Gasteiger partial charge in [0.2, 0.25) is 5.95 Å². The van der Waals surface area contributed by atoms with Crippen molar-refractivity contribution in [3.8, 4) is 11.1 Å². The smallest absolute Gasteiger partial charge is 0.299 e. The molecule has 35 heavy (non-hydrogen) atoms. The number of fused-ring (bicyclic) bond motifs is 1. The highest BCUT2D eigenvalue weighted by molar-refractivity contribution is 6.52. The second-order valence-corrected chi connectivity index (χ2v) is 7.89. The topological polar surface area (TPSA) is 62.3 Å². The number of pyridine rings is 1. The normalized spacial score (nSPS) is 12.7. The van der Waals surface area contributed by atoms with Crippen LogP contribution >= 0.6 is 0 Å². The Labute approximate surface area is 196 Å². The highest BCUT2D eigenvalue weighted by Crippen LogP contribution is 2.40. The summed E-state index contributed by atoms with van der Waals surface area (Å²) in [5, 5.41) is 2.84. The fourth-order valence-corrected chi connectivity index (χ4v) is 3.93. The third-order valence-electron chi connectivity index (χ3n) is 5.57. The Hall–Kier alpha value is -4.53. The standard InChI is InChI=1S/C26H15F4N3O2/c27-16-4-7-22(21(29)11-16)32-18-5-1-14(2-6-18)13-33-24-19(15-3-8-23(30)31-12-15)9-17(28)10-20(24)25(34)26(33)35/h1-12,32H,13H2. The van der Waals surface area contributed by atoms with E-state index < -0.39 is 35.1 Å². The van der Waals surface area contributed by atoms with Gasteiger partial charge in [0.05, 0.1) is 23.5 Å². The highest BCUT2D eigenvalue weighted by atomic mass is 19.1. The van der Waals surface area contributed by atoms with Crippen LogP contribution in [0.1, 0.15) is 15.9 Å². The molecule has 0 aliphatic carbocycles. The van der Waals surface area contributed by atoms with E-state index in [9.17, 15) is 27.2 Å². The summed E-state index contributed by atoms with van der Waals surface area (Å²) < 4.78 is 54.6. The molecule has 0 radical (unpaired) electrons. The number of anilines is 3. The van der Waals surface area contributed by atoms with E-state index >= 15 is 0 Å². The molecule has 5 rings (SSSR count). The molecular weight excluding hydrogens is 462 g/mol. The molecule has 2 heterocycles. The van der Waals surface area contributed by atoms with Gasteiger partial charge in [0.1, 0.15) is 17.5 Å². The second kappa shape index (κ2) is 8.68. The lowest BCUT2D eigenvalue weighted by Crippen LogP contribution is -2.29. The fraction of sp³-hybridized carbons (Fsp3) is 0.0385. The third-order valence-corrected chi connectivity index (χ3v) is 5.57. The first-order valence-electron chi connectivity index (χ1n) is 10.4. The van der Waals surface area contributed by atoms with Crippen molar-refractivity contribution in [3.05, 3.63) is 107 Å².